The Bertz CT molecular complexity index is 660. The number of aromatic nitrogens is 4. The van der Waals surface area contributed by atoms with Crippen molar-refractivity contribution in [1.29, 1.82) is 0 Å². The molecule has 0 N–H and O–H groups in total. The molecule has 0 aliphatic carbocycles. The number of carbonyl (C=O) groups is 1. The summed E-state index contributed by atoms with van der Waals surface area (Å²) in [5, 5.41) is 8.22. The molecule has 0 aromatic carbocycles. The zero-order valence-corrected chi connectivity index (χ0v) is 12.1. The zero-order chi connectivity index (χ0) is 14.9. The fraction of sp³-hybridized carbons (Fsp3) is 0.467. The van der Waals surface area contributed by atoms with E-state index in [1.54, 1.807) is 29.6 Å². The van der Waals surface area contributed by atoms with Gasteiger partial charge in [-0.1, -0.05) is 6.07 Å². The van der Waals surface area contributed by atoms with Crippen LogP contribution in [0.2, 0.25) is 0 Å². The zero-order valence-electron chi connectivity index (χ0n) is 12.1. The molecule has 22 heavy (non-hydrogen) atoms. The first kappa shape index (κ1) is 13.4. The van der Waals surface area contributed by atoms with E-state index in [1.165, 1.54) is 0 Å². The van der Waals surface area contributed by atoms with E-state index in [1.807, 2.05) is 6.07 Å². The number of pyridine rings is 1. The standard InChI is InChI=1S/C15H17N5O2/c21-15(12-4-1-2-6-16-12)19-8-11(9-19)20-10-17-18-14(20)13-5-3-7-22-13/h1-2,4,6,10-11,13H,3,5,7-9H2/t13-/m0/s1. The number of nitrogens with zero attached hydrogens (tertiary/aromatic N) is 5. The van der Waals surface area contributed by atoms with Gasteiger partial charge in [0, 0.05) is 25.9 Å². The number of carbonyl (C=O) groups excluding carboxylic acids is 1. The summed E-state index contributed by atoms with van der Waals surface area (Å²) in [7, 11) is 0. The predicted octanol–water partition coefficient (Wildman–Crippen LogP) is 1.22. The Morgan fingerprint density at radius 1 is 1.32 bits per heavy atom. The lowest BCUT2D eigenvalue weighted by molar-refractivity contribution is 0.0478. The van der Waals surface area contributed by atoms with Crippen LogP contribution in [0.3, 0.4) is 0 Å². The van der Waals surface area contributed by atoms with Crippen molar-refractivity contribution in [3.63, 3.8) is 0 Å². The number of ether oxygens (including phenoxy) is 1. The Morgan fingerprint density at radius 3 is 2.95 bits per heavy atom. The summed E-state index contributed by atoms with van der Waals surface area (Å²) in [6.07, 6.45) is 5.47. The van der Waals surface area contributed by atoms with E-state index in [2.05, 4.69) is 19.7 Å². The highest BCUT2D eigenvalue weighted by Crippen LogP contribution is 2.31. The quantitative estimate of drug-likeness (QED) is 0.852. The van der Waals surface area contributed by atoms with Crippen LogP contribution >= 0.6 is 0 Å². The molecule has 7 heteroatoms. The first-order chi connectivity index (χ1) is 10.8. The first-order valence-corrected chi connectivity index (χ1v) is 7.54. The highest BCUT2D eigenvalue weighted by Gasteiger charge is 2.35. The molecule has 0 bridgehead atoms. The second kappa shape index (κ2) is 5.49. The van der Waals surface area contributed by atoms with Crippen LogP contribution in [0.25, 0.3) is 0 Å². The van der Waals surface area contributed by atoms with Crippen LogP contribution in [-0.4, -0.2) is 50.3 Å². The summed E-state index contributed by atoms with van der Waals surface area (Å²) in [5.41, 5.74) is 0.490. The average Bonchev–Trinajstić information content (AvgIpc) is 3.17. The van der Waals surface area contributed by atoms with Gasteiger partial charge in [0.15, 0.2) is 5.82 Å². The van der Waals surface area contributed by atoms with Crippen molar-refractivity contribution in [2.45, 2.75) is 25.0 Å². The molecular formula is C15H17N5O2. The molecule has 4 rings (SSSR count). The molecule has 0 saturated carbocycles. The molecule has 2 aromatic rings. The van der Waals surface area contributed by atoms with Crippen molar-refractivity contribution in [1.82, 2.24) is 24.6 Å². The Morgan fingerprint density at radius 2 is 2.23 bits per heavy atom. The Kier molecular flexibility index (Phi) is 3.34. The van der Waals surface area contributed by atoms with Gasteiger partial charge in [-0.15, -0.1) is 10.2 Å². The third-order valence-corrected chi connectivity index (χ3v) is 4.25. The van der Waals surface area contributed by atoms with Crippen LogP contribution in [0.1, 0.15) is 41.3 Å². The largest absolute Gasteiger partial charge is 0.370 e. The summed E-state index contributed by atoms with van der Waals surface area (Å²) in [5.74, 6) is 0.857. The minimum absolute atomic E-state index is 0.0245. The topological polar surface area (TPSA) is 73.1 Å². The smallest absolute Gasteiger partial charge is 0.272 e. The first-order valence-electron chi connectivity index (χ1n) is 7.54. The molecule has 0 spiro atoms. The minimum Gasteiger partial charge on any atom is -0.370 e. The van der Waals surface area contributed by atoms with Gasteiger partial charge in [-0.2, -0.15) is 0 Å². The number of hydrogen-bond donors (Lipinski definition) is 0. The maximum Gasteiger partial charge on any atom is 0.272 e. The molecule has 2 aromatic heterocycles. The molecule has 2 aliphatic heterocycles. The number of rotatable bonds is 3. The molecule has 0 radical (unpaired) electrons. The maximum absolute atomic E-state index is 12.3. The third-order valence-electron chi connectivity index (χ3n) is 4.25. The second-order valence-corrected chi connectivity index (χ2v) is 5.68. The Hall–Kier alpha value is -2.28. The molecule has 2 saturated heterocycles. The lowest BCUT2D eigenvalue weighted by atomic mass is 10.1. The highest BCUT2D eigenvalue weighted by atomic mass is 16.5. The second-order valence-electron chi connectivity index (χ2n) is 5.68. The summed E-state index contributed by atoms with van der Waals surface area (Å²) >= 11 is 0. The van der Waals surface area contributed by atoms with Crippen molar-refractivity contribution in [2.24, 2.45) is 0 Å². The van der Waals surface area contributed by atoms with Crippen LogP contribution in [-0.2, 0) is 4.74 Å². The van der Waals surface area contributed by atoms with Gasteiger partial charge in [-0.05, 0) is 25.0 Å². The van der Waals surface area contributed by atoms with Crippen LogP contribution in [0.4, 0.5) is 0 Å². The van der Waals surface area contributed by atoms with Gasteiger partial charge in [0.05, 0.1) is 6.04 Å². The Balaban J connectivity index is 1.43. The predicted molar refractivity (Wildman–Crippen MR) is 77.1 cm³/mol. The Labute approximate surface area is 127 Å². The van der Waals surface area contributed by atoms with E-state index in [-0.39, 0.29) is 18.1 Å². The van der Waals surface area contributed by atoms with Crippen molar-refractivity contribution >= 4 is 5.91 Å². The molecule has 7 nitrogen and oxygen atoms in total. The summed E-state index contributed by atoms with van der Waals surface area (Å²) in [4.78, 5) is 18.2. The van der Waals surface area contributed by atoms with E-state index in [4.69, 9.17) is 4.74 Å². The van der Waals surface area contributed by atoms with E-state index < -0.39 is 0 Å². The van der Waals surface area contributed by atoms with Gasteiger partial charge in [-0.3, -0.25) is 9.78 Å². The van der Waals surface area contributed by atoms with Crippen molar-refractivity contribution in [3.05, 3.63) is 42.2 Å². The van der Waals surface area contributed by atoms with Crippen LogP contribution in [0.15, 0.2) is 30.7 Å². The van der Waals surface area contributed by atoms with Crippen molar-refractivity contribution < 1.29 is 9.53 Å². The fourth-order valence-corrected chi connectivity index (χ4v) is 2.99. The van der Waals surface area contributed by atoms with Gasteiger partial charge in [-0.25, -0.2) is 0 Å². The number of hydrogen-bond acceptors (Lipinski definition) is 5. The number of likely N-dealkylation sites (tertiary alicyclic amines) is 1. The molecule has 2 fully saturated rings. The van der Waals surface area contributed by atoms with E-state index in [0.717, 1.165) is 25.3 Å². The third kappa shape index (κ3) is 2.27. The summed E-state index contributed by atoms with van der Waals surface area (Å²) in [6, 6.07) is 5.60. The fourth-order valence-electron chi connectivity index (χ4n) is 2.99. The van der Waals surface area contributed by atoms with Crippen LogP contribution in [0, 0.1) is 0 Å². The molecule has 1 amide bonds. The van der Waals surface area contributed by atoms with Crippen LogP contribution < -0.4 is 0 Å². The van der Waals surface area contributed by atoms with Gasteiger partial charge in [0.2, 0.25) is 0 Å². The highest BCUT2D eigenvalue weighted by molar-refractivity contribution is 5.92. The monoisotopic (exact) mass is 299 g/mol. The summed E-state index contributed by atoms with van der Waals surface area (Å²) < 4.78 is 7.74. The molecule has 4 heterocycles. The van der Waals surface area contributed by atoms with Gasteiger partial charge in [0.25, 0.3) is 5.91 Å². The maximum atomic E-state index is 12.3. The SMILES string of the molecule is O=C(c1ccccn1)N1CC(n2cnnc2[C@@H]2CCCO2)C1. The normalized spacial score (nSPS) is 21.8. The van der Waals surface area contributed by atoms with Crippen LogP contribution in [0.5, 0.6) is 0 Å². The lowest BCUT2D eigenvalue weighted by Gasteiger charge is -2.40. The molecule has 2 aliphatic rings. The molecular weight excluding hydrogens is 282 g/mol. The van der Waals surface area contributed by atoms with Crippen molar-refractivity contribution in [3.8, 4) is 0 Å². The van der Waals surface area contributed by atoms with E-state index in [0.29, 0.717) is 18.8 Å². The van der Waals surface area contributed by atoms with E-state index >= 15 is 0 Å². The molecule has 0 unspecified atom stereocenters. The minimum atomic E-state index is -0.0245. The van der Waals surface area contributed by atoms with Gasteiger partial charge in [0.1, 0.15) is 18.1 Å². The lowest BCUT2D eigenvalue weighted by Crippen LogP contribution is -2.51. The summed E-state index contributed by atoms with van der Waals surface area (Å²) in [6.45, 7) is 2.10. The average molecular weight is 299 g/mol. The van der Waals surface area contributed by atoms with E-state index in [9.17, 15) is 4.79 Å². The van der Waals surface area contributed by atoms with Crippen molar-refractivity contribution in [2.75, 3.05) is 19.7 Å². The molecule has 114 valence electrons. The van der Waals surface area contributed by atoms with Gasteiger partial charge < -0.3 is 14.2 Å². The van der Waals surface area contributed by atoms with Gasteiger partial charge >= 0.3 is 0 Å². The molecule has 1 atom stereocenters. The number of amides is 1.